The maximum Gasteiger partial charge on any atom is 0.131 e. The van der Waals surface area contributed by atoms with Crippen LogP contribution < -0.4 is 10.5 Å². The largest absolute Gasteiger partial charge is 0.488 e. The summed E-state index contributed by atoms with van der Waals surface area (Å²) in [5.74, 6) is 0.263. The maximum atomic E-state index is 13.7. The first-order valence-electron chi connectivity index (χ1n) is 6.09. The molecule has 0 spiro atoms. The summed E-state index contributed by atoms with van der Waals surface area (Å²) in [7, 11) is 0. The molecule has 5 heteroatoms. The fourth-order valence-corrected chi connectivity index (χ4v) is 2.30. The molecule has 0 aliphatic heterocycles. The van der Waals surface area contributed by atoms with E-state index in [0.29, 0.717) is 16.3 Å². The molecule has 0 aromatic heterocycles. The highest BCUT2D eigenvalue weighted by molar-refractivity contribution is 9.10. The quantitative estimate of drug-likeness (QED) is 0.848. The molecule has 0 radical (unpaired) electrons. The Bertz CT molecular complexity index is 619. The van der Waals surface area contributed by atoms with Gasteiger partial charge >= 0.3 is 0 Å². The minimum Gasteiger partial charge on any atom is -0.488 e. The van der Waals surface area contributed by atoms with E-state index in [2.05, 4.69) is 15.9 Å². The van der Waals surface area contributed by atoms with Crippen LogP contribution in [0.5, 0.6) is 5.75 Å². The van der Waals surface area contributed by atoms with E-state index in [1.54, 1.807) is 12.1 Å². The highest BCUT2D eigenvalue weighted by Crippen LogP contribution is 2.28. The van der Waals surface area contributed by atoms with Gasteiger partial charge in [-0.25, -0.2) is 4.39 Å². The molecule has 2 aromatic carbocycles. The van der Waals surface area contributed by atoms with E-state index >= 15 is 0 Å². The second-order valence-electron chi connectivity index (χ2n) is 4.50. The minimum absolute atomic E-state index is 0.124. The Labute approximate surface area is 130 Å². The van der Waals surface area contributed by atoms with Crippen molar-refractivity contribution in [3.8, 4) is 5.75 Å². The molecule has 0 aliphatic carbocycles. The highest BCUT2D eigenvalue weighted by Gasteiger charge is 2.10. The molecule has 1 unspecified atom stereocenters. The third kappa shape index (κ3) is 3.72. The van der Waals surface area contributed by atoms with Crippen LogP contribution in [-0.2, 0) is 6.61 Å². The average molecular weight is 359 g/mol. The smallest absolute Gasteiger partial charge is 0.131 e. The van der Waals surface area contributed by atoms with Gasteiger partial charge in [-0.1, -0.05) is 39.7 Å². The first kappa shape index (κ1) is 15.3. The van der Waals surface area contributed by atoms with Gasteiger partial charge in [0.05, 0.1) is 0 Å². The van der Waals surface area contributed by atoms with Crippen LogP contribution in [0, 0.1) is 5.82 Å². The zero-order chi connectivity index (χ0) is 14.7. The van der Waals surface area contributed by atoms with Crippen molar-refractivity contribution in [2.24, 2.45) is 5.73 Å². The van der Waals surface area contributed by atoms with Gasteiger partial charge in [-0.15, -0.1) is 0 Å². The second-order valence-corrected chi connectivity index (χ2v) is 5.85. The fraction of sp³-hybridized carbons (Fsp3) is 0.200. The Balaban J connectivity index is 2.20. The van der Waals surface area contributed by atoms with E-state index in [9.17, 15) is 4.39 Å². The van der Waals surface area contributed by atoms with Crippen molar-refractivity contribution >= 4 is 27.5 Å². The summed E-state index contributed by atoms with van der Waals surface area (Å²) in [5, 5.41) is 0.366. The molecule has 2 N–H and O–H groups in total. The van der Waals surface area contributed by atoms with Crippen molar-refractivity contribution in [3.63, 3.8) is 0 Å². The molecule has 0 bridgehead atoms. The number of hydrogen-bond donors (Lipinski definition) is 1. The van der Waals surface area contributed by atoms with Crippen molar-refractivity contribution in [1.29, 1.82) is 0 Å². The lowest BCUT2D eigenvalue weighted by molar-refractivity contribution is 0.295. The molecule has 0 aliphatic rings. The molecule has 2 rings (SSSR count). The monoisotopic (exact) mass is 357 g/mol. The van der Waals surface area contributed by atoms with E-state index in [-0.39, 0.29) is 18.5 Å². The average Bonchev–Trinajstić information content (AvgIpc) is 2.37. The second kappa shape index (κ2) is 6.57. The lowest BCUT2D eigenvalue weighted by atomic mass is 10.1. The summed E-state index contributed by atoms with van der Waals surface area (Å²) < 4.78 is 20.3. The minimum atomic E-state index is -0.380. The van der Waals surface area contributed by atoms with E-state index in [4.69, 9.17) is 22.1 Å². The third-order valence-electron chi connectivity index (χ3n) is 2.86. The van der Waals surface area contributed by atoms with Crippen LogP contribution >= 0.6 is 27.5 Å². The molecular formula is C15H14BrClFNO. The maximum absolute atomic E-state index is 13.7. The Morgan fingerprint density at radius 3 is 2.70 bits per heavy atom. The Hall–Kier alpha value is -1.10. The van der Waals surface area contributed by atoms with Gasteiger partial charge in [0, 0.05) is 26.7 Å². The van der Waals surface area contributed by atoms with Crippen LogP contribution in [0.1, 0.15) is 24.1 Å². The van der Waals surface area contributed by atoms with Crippen molar-refractivity contribution < 1.29 is 9.13 Å². The number of rotatable bonds is 4. The van der Waals surface area contributed by atoms with E-state index in [1.165, 1.54) is 6.07 Å². The molecule has 2 aromatic rings. The lowest BCUT2D eigenvalue weighted by Crippen LogP contribution is -2.08. The molecule has 2 nitrogen and oxygen atoms in total. The highest BCUT2D eigenvalue weighted by atomic mass is 79.9. The SMILES string of the molecule is CC(N)c1ccc(Br)cc1OCc1ccc(Cl)cc1F. The number of benzene rings is 2. The fourth-order valence-electron chi connectivity index (χ4n) is 1.80. The molecular weight excluding hydrogens is 345 g/mol. The molecule has 1 atom stereocenters. The Kier molecular flexibility index (Phi) is 5.02. The van der Waals surface area contributed by atoms with Crippen molar-refractivity contribution in [2.75, 3.05) is 0 Å². The third-order valence-corrected chi connectivity index (χ3v) is 3.59. The number of ether oxygens (including phenoxy) is 1. The summed E-state index contributed by atoms with van der Waals surface area (Å²) in [6.07, 6.45) is 0. The van der Waals surface area contributed by atoms with Gasteiger partial charge in [-0.2, -0.15) is 0 Å². The summed E-state index contributed by atoms with van der Waals surface area (Å²) in [6.45, 7) is 2.00. The van der Waals surface area contributed by atoms with Crippen molar-refractivity contribution in [3.05, 3.63) is 62.8 Å². The molecule has 0 saturated heterocycles. The summed E-state index contributed by atoms with van der Waals surface area (Å²) >= 11 is 9.10. The standard InChI is InChI=1S/C15H14BrClFNO/c1-9(19)13-5-3-11(16)6-15(13)20-8-10-2-4-12(17)7-14(10)18/h2-7,9H,8,19H2,1H3. The van der Waals surface area contributed by atoms with Crippen molar-refractivity contribution in [2.45, 2.75) is 19.6 Å². The predicted octanol–water partition coefficient (Wildman–Crippen LogP) is 4.84. The first-order chi connectivity index (χ1) is 9.47. The van der Waals surface area contributed by atoms with Gasteiger partial charge in [-0.3, -0.25) is 0 Å². The molecule has 20 heavy (non-hydrogen) atoms. The van der Waals surface area contributed by atoms with Gasteiger partial charge in [0.15, 0.2) is 0 Å². The molecule has 0 saturated carbocycles. The van der Waals surface area contributed by atoms with E-state index in [1.807, 2.05) is 25.1 Å². The normalized spacial score (nSPS) is 12.2. The van der Waals surface area contributed by atoms with Crippen molar-refractivity contribution in [1.82, 2.24) is 0 Å². The van der Waals surface area contributed by atoms with Gasteiger partial charge in [-0.05, 0) is 31.2 Å². The van der Waals surface area contributed by atoms with Crippen LogP contribution in [0.3, 0.4) is 0 Å². The number of halogens is 3. The summed E-state index contributed by atoms with van der Waals surface area (Å²) in [4.78, 5) is 0. The van der Waals surface area contributed by atoms with E-state index < -0.39 is 0 Å². The van der Waals surface area contributed by atoms with Gasteiger partial charge in [0.25, 0.3) is 0 Å². The van der Waals surface area contributed by atoms with Crippen LogP contribution in [0.2, 0.25) is 5.02 Å². The van der Waals surface area contributed by atoms with E-state index in [0.717, 1.165) is 10.0 Å². The topological polar surface area (TPSA) is 35.2 Å². The van der Waals surface area contributed by atoms with Crippen LogP contribution in [0.15, 0.2) is 40.9 Å². The molecule has 0 fully saturated rings. The molecule has 0 heterocycles. The summed E-state index contributed by atoms with van der Waals surface area (Å²) in [5.41, 5.74) is 7.22. The van der Waals surface area contributed by atoms with Gasteiger partial charge in [0.1, 0.15) is 18.2 Å². The molecule has 106 valence electrons. The number of nitrogens with two attached hydrogens (primary N) is 1. The predicted molar refractivity (Wildman–Crippen MR) is 82.5 cm³/mol. The number of hydrogen-bond acceptors (Lipinski definition) is 2. The molecule has 0 amide bonds. The Morgan fingerprint density at radius 2 is 2.05 bits per heavy atom. The van der Waals surface area contributed by atoms with Crippen LogP contribution in [0.4, 0.5) is 4.39 Å². The zero-order valence-corrected chi connectivity index (χ0v) is 13.2. The van der Waals surface area contributed by atoms with Crippen LogP contribution in [0.25, 0.3) is 0 Å². The first-order valence-corrected chi connectivity index (χ1v) is 7.26. The summed E-state index contributed by atoms with van der Waals surface area (Å²) in [6, 6.07) is 9.97. The van der Waals surface area contributed by atoms with Gasteiger partial charge in [0.2, 0.25) is 0 Å². The Morgan fingerprint density at radius 1 is 1.30 bits per heavy atom. The zero-order valence-electron chi connectivity index (χ0n) is 10.9. The van der Waals surface area contributed by atoms with Crippen LogP contribution in [-0.4, -0.2) is 0 Å². The lowest BCUT2D eigenvalue weighted by Gasteiger charge is -2.15. The van der Waals surface area contributed by atoms with Gasteiger partial charge < -0.3 is 10.5 Å².